The summed E-state index contributed by atoms with van der Waals surface area (Å²) in [6, 6.07) is 25.5. The zero-order valence-corrected chi connectivity index (χ0v) is 17.0. The van der Waals surface area contributed by atoms with Crippen molar-refractivity contribution >= 4 is 44.5 Å². The van der Waals surface area contributed by atoms with Gasteiger partial charge in [0.2, 0.25) is 0 Å². The number of nitrogens with one attached hydrogen (secondary N) is 2. The number of rotatable bonds is 6. The highest BCUT2D eigenvalue weighted by Gasteiger charge is 2.05. The van der Waals surface area contributed by atoms with Crippen LogP contribution in [0.3, 0.4) is 0 Å². The van der Waals surface area contributed by atoms with E-state index in [1.165, 1.54) is 6.21 Å². The van der Waals surface area contributed by atoms with Gasteiger partial charge in [0, 0.05) is 21.1 Å². The highest BCUT2D eigenvalue weighted by molar-refractivity contribution is 9.10. The SMILES string of the molecule is O=C(CNc1cccc2ccccc12)NN=Cc1ccc(-c2cccc(Br)c2)o1. The number of anilines is 1. The first kappa shape index (κ1) is 19.0. The van der Waals surface area contributed by atoms with Crippen LogP contribution in [-0.2, 0) is 4.79 Å². The maximum Gasteiger partial charge on any atom is 0.259 e. The number of hydrogen-bond donors (Lipinski definition) is 2. The molecule has 29 heavy (non-hydrogen) atoms. The van der Waals surface area contributed by atoms with E-state index >= 15 is 0 Å². The van der Waals surface area contributed by atoms with Gasteiger partial charge in [0.25, 0.3) is 5.91 Å². The summed E-state index contributed by atoms with van der Waals surface area (Å²) in [5.41, 5.74) is 4.38. The van der Waals surface area contributed by atoms with Crippen LogP contribution < -0.4 is 10.7 Å². The molecule has 1 heterocycles. The van der Waals surface area contributed by atoms with Gasteiger partial charge in [0.15, 0.2) is 0 Å². The molecule has 0 aliphatic heterocycles. The van der Waals surface area contributed by atoms with E-state index in [1.807, 2.05) is 72.8 Å². The molecule has 0 aliphatic rings. The maximum absolute atomic E-state index is 12.1. The third-order valence-corrected chi connectivity index (χ3v) is 4.84. The maximum atomic E-state index is 12.1. The van der Waals surface area contributed by atoms with Crippen molar-refractivity contribution in [1.29, 1.82) is 0 Å². The Balaban J connectivity index is 1.33. The first-order valence-corrected chi connectivity index (χ1v) is 9.88. The molecular weight excluding hydrogens is 430 g/mol. The molecule has 5 nitrogen and oxygen atoms in total. The molecule has 6 heteroatoms. The summed E-state index contributed by atoms with van der Waals surface area (Å²) in [7, 11) is 0. The summed E-state index contributed by atoms with van der Waals surface area (Å²) < 4.78 is 6.73. The molecule has 0 unspecified atom stereocenters. The molecule has 1 aromatic heterocycles. The topological polar surface area (TPSA) is 66.6 Å². The van der Waals surface area contributed by atoms with Gasteiger partial charge in [-0.2, -0.15) is 5.10 Å². The average molecular weight is 448 g/mol. The van der Waals surface area contributed by atoms with E-state index in [4.69, 9.17) is 4.42 Å². The fraction of sp³-hybridized carbons (Fsp3) is 0.0435. The number of hydrazone groups is 1. The lowest BCUT2D eigenvalue weighted by Crippen LogP contribution is -2.25. The van der Waals surface area contributed by atoms with Crippen LogP contribution in [0.5, 0.6) is 0 Å². The van der Waals surface area contributed by atoms with Crippen molar-refractivity contribution < 1.29 is 9.21 Å². The molecule has 0 spiro atoms. The predicted molar refractivity (Wildman–Crippen MR) is 120 cm³/mol. The Kier molecular flexibility index (Phi) is 5.72. The molecule has 144 valence electrons. The number of hydrogen-bond acceptors (Lipinski definition) is 4. The number of furan rings is 1. The van der Waals surface area contributed by atoms with Gasteiger partial charge in [-0.3, -0.25) is 4.79 Å². The third-order valence-electron chi connectivity index (χ3n) is 4.35. The Hall–Kier alpha value is -3.38. The van der Waals surface area contributed by atoms with Crippen molar-refractivity contribution in [3.05, 3.63) is 89.1 Å². The second-order valence-electron chi connectivity index (χ2n) is 6.39. The number of nitrogens with zero attached hydrogens (tertiary/aromatic N) is 1. The minimum absolute atomic E-state index is 0.118. The van der Waals surface area contributed by atoms with Crippen LogP contribution in [0.4, 0.5) is 5.69 Å². The van der Waals surface area contributed by atoms with E-state index in [2.05, 4.69) is 31.8 Å². The highest BCUT2D eigenvalue weighted by atomic mass is 79.9. The molecule has 0 bridgehead atoms. The second kappa shape index (κ2) is 8.75. The van der Waals surface area contributed by atoms with Gasteiger partial charge in [-0.05, 0) is 35.7 Å². The van der Waals surface area contributed by atoms with Crippen molar-refractivity contribution in [2.75, 3.05) is 11.9 Å². The Morgan fingerprint density at radius 3 is 2.72 bits per heavy atom. The van der Waals surface area contributed by atoms with Crippen molar-refractivity contribution in [1.82, 2.24) is 5.43 Å². The predicted octanol–water partition coefficient (Wildman–Crippen LogP) is 5.42. The smallest absolute Gasteiger partial charge is 0.259 e. The molecule has 2 N–H and O–H groups in total. The second-order valence-corrected chi connectivity index (χ2v) is 7.30. The zero-order chi connectivity index (χ0) is 20.1. The van der Waals surface area contributed by atoms with Crippen molar-refractivity contribution in [2.45, 2.75) is 0 Å². The van der Waals surface area contributed by atoms with Crippen LogP contribution in [0.2, 0.25) is 0 Å². The molecule has 0 atom stereocenters. The number of fused-ring (bicyclic) bond motifs is 1. The van der Waals surface area contributed by atoms with E-state index in [0.717, 1.165) is 32.3 Å². The lowest BCUT2D eigenvalue weighted by Gasteiger charge is -2.08. The van der Waals surface area contributed by atoms with Gasteiger partial charge in [-0.25, -0.2) is 5.43 Å². The van der Waals surface area contributed by atoms with E-state index < -0.39 is 0 Å². The molecule has 0 aliphatic carbocycles. The molecule has 3 aromatic carbocycles. The zero-order valence-electron chi connectivity index (χ0n) is 15.4. The molecule has 0 fully saturated rings. The monoisotopic (exact) mass is 447 g/mol. The van der Waals surface area contributed by atoms with E-state index in [9.17, 15) is 4.79 Å². The van der Waals surface area contributed by atoms with Gasteiger partial charge in [0.05, 0.1) is 12.8 Å². The van der Waals surface area contributed by atoms with E-state index in [-0.39, 0.29) is 12.5 Å². The minimum atomic E-state index is -0.243. The average Bonchev–Trinajstić information content (AvgIpc) is 3.21. The first-order chi connectivity index (χ1) is 14.2. The summed E-state index contributed by atoms with van der Waals surface area (Å²) in [6.45, 7) is 0.118. The van der Waals surface area contributed by atoms with Crippen LogP contribution in [0.25, 0.3) is 22.1 Å². The third kappa shape index (κ3) is 4.73. The highest BCUT2D eigenvalue weighted by Crippen LogP contribution is 2.24. The van der Waals surface area contributed by atoms with Crippen molar-refractivity contribution in [3.8, 4) is 11.3 Å². The van der Waals surface area contributed by atoms with Crippen molar-refractivity contribution in [3.63, 3.8) is 0 Å². The standard InChI is InChI=1S/C23H18BrN3O2/c24-18-8-3-7-17(13-18)22-12-11-19(29-22)14-26-27-23(28)15-25-21-10-4-6-16-5-1-2-9-20(16)21/h1-14,25H,15H2,(H,27,28). The fourth-order valence-electron chi connectivity index (χ4n) is 2.98. The summed E-state index contributed by atoms with van der Waals surface area (Å²) in [4.78, 5) is 12.1. The largest absolute Gasteiger partial charge is 0.455 e. The van der Waals surface area contributed by atoms with Crippen molar-refractivity contribution in [2.24, 2.45) is 5.10 Å². The quantitative estimate of drug-likeness (QED) is 0.306. The molecule has 4 rings (SSSR count). The molecular formula is C23H18BrN3O2. The summed E-state index contributed by atoms with van der Waals surface area (Å²) in [6.07, 6.45) is 1.48. The van der Waals surface area contributed by atoms with Gasteiger partial charge >= 0.3 is 0 Å². The summed E-state index contributed by atoms with van der Waals surface area (Å²) >= 11 is 3.45. The molecule has 4 aromatic rings. The fourth-order valence-corrected chi connectivity index (χ4v) is 3.38. The number of carbonyl (C=O) groups is 1. The van der Waals surface area contributed by atoms with Gasteiger partial charge in [-0.1, -0.05) is 64.5 Å². The van der Waals surface area contributed by atoms with E-state index in [1.54, 1.807) is 6.07 Å². The lowest BCUT2D eigenvalue weighted by atomic mass is 10.1. The molecule has 0 radical (unpaired) electrons. The Morgan fingerprint density at radius 2 is 1.83 bits per heavy atom. The number of carbonyl (C=O) groups excluding carboxylic acids is 1. The van der Waals surface area contributed by atoms with Crippen LogP contribution in [-0.4, -0.2) is 18.7 Å². The summed E-state index contributed by atoms with van der Waals surface area (Å²) in [5.74, 6) is 1.05. The molecule has 0 saturated carbocycles. The number of halogens is 1. The first-order valence-electron chi connectivity index (χ1n) is 9.08. The van der Waals surface area contributed by atoms with Gasteiger partial charge < -0.3 is 9.73 Å². The molecule has 1 amide bonds. The summed E-state index contributed by atoms with van der Waals surface area (Å²) in [5, 5.41) is 9.32. The molecule has 0 saturated heterocycles. The Morgan fingerprint density at radius 1 is 1.00 bits per heavy atom. The van der Waals surface area contributed by atoms with E-state index in [0.29, 0.717) is 5.76 Å². The lowest BCUT2D eigenvalue weighted by molar-refractivity contribution is -0.119. The van der Waals surface area contributed by atoms with Crippen LogP contribution in [0.1, 0.15) is 5.76 Å². The minimum Gasteiger partial charge on any atom is -0.455 e. The number of amides is 1. The van der Waals surface area contributed by atoms with Crippen LogP contribution in [0, 0.1) is 0 Å². The number of benzene rings is 3. The van der Waals surface area contributed by atoms with Gasteiger partial charge in [-0.15, -0.1) is 0 Å². The van der Waals surface area contributed by atoms with Crippen LogP contribution in [0.15, 0.2) is 92.9 Å². The Labute approximate surface area is 176 Å². The normalized spacial score (nSPS) is 11.1. The van der Waals surface area contributed by atoms with Gasteiger partial charge in [0.1, 0.15) is 11.5 Å². The van der Waals surface area contributed by atoms with Crippen LogP contribution >= 0.6 is 15.9 Å². The Bertz CT molecular complexity index is 1180.